The molecule has 3 aliphatic heterocycles. The van der Waals surface area contributed by atoms with Crippen molar-refractivity contribution in [1.82, 2.24) is 39.9 Å². The maximum absolute atomic E-state index is 14.6. The molecule has 0 spiro atoms. The van der Waals surface area contributed by atoms with Crippen LogP contribution < -0.4 is 27.4 Å². The van der Waals surface area contributed by atoms with Gasteiger partial charge in [-0.3, -0.25) is 57.4 Å². The van der Waals surface area contributed by atoms with Crippen molar-refractivity contribution in [3.05, 3.63) is 69.8 Å². The zero-order chi connectivity index (χ0) is 48.6. The Morgan fingerprint density at radius 1 is 0.882 bits per heavy atom. The second-order valence-corrected chi connectivity index (χ2v) is 20.1. The number of carbonyl (C=O) groups excluding carboxylic acids is 8. The third kappa shape index (κ3) is 10.2. The van der Waals surface area contributed by atoms with Gasteiger partial charge >= 0.3 is 13.3 Å². The van der Waals surface area contributed by atoms with Crippen molar-refractivity contribution >= 4 is 76.4 Å². The SMILES string of the molecule is Cn1c(=O)n(C2CCC(=O)NC2=O)c2ccc(CC3CCC(CC(=O)N4CC[C@H]5CC[C@@H](C(=O)NCCCC(N)=O)N5C(=O)[C@@H](NC(=O)c5cc6cc(C(=O)P(=O)(O)O)ccc6[nH]5)C4)CC3)cc21. The number of nitrogens with zero attached hydrogens (tertiary/aromatic N) is 4. The van der Waals surface area contributed by atoms with Crippen molar-refractivity contribution < 1.29 is 52.7 Å². The number of nitrogens with two attached hydrogens (primary N) is 1. The number of primary amides is 1. The maximum atomic E-state index is 14.6. The smallest absolute Gasteiger partial charge is 0.370 e. The van der Waals surface area contributed by atoms with Crippen LogP contribution in [0.2, 0.25) is 0 Å². The molecule has 1 unspecified atom stereocenters. The number of aromatic amines is 1. The Morgan fingerprint density at radius 2 is 1.63 bits per heavy atom. The van der Waals surface area contributed by atoms with E-state index in [1.54, 1.807) is 11.9 Å². The van der Waals surface area contributed by atoms with Gasteiger partial charge in [0.05, 0.1) is 11.0 Å². The molecule has 8 N–H and O–H groups in total. The minimum Gasteiger partial charge on any atom is -0.370 e. The summed E-state index contributed by atoms with van der Waals surface area (Å²) in [5, 5.41) is 8.23. The molecule has 4 aromatic rings. The van der Waals surface area contributed by atoms with Crippen molar-refractivity contribution in [2.75, 3.05) is 19.6 Å². The largest absolute Gasteiger partial charge is 0.396 e. The molecule has 4 atom stereocenters. The number of imidazole rings is 1. The Morgan fingerprint density at radius 3 is 2.35 bits per heavy atom. The second kappa shape index (κ2) is 19.7. The van der Waals surface area contributed by atoms with Crippen LogP contribution in [-0.2, 0) is 46.8 Å². The summed E-state index contributed by atoms with van der Waals surface area (Å²) in [6, 6.07) is 7.79. The lowest BCUT2D eigenvalue weighted by Gasteiger charge is -2.39. The Kier molecular flexibility index (Phi) is 13.9. The molecule has 1 aliphatic carbocycles. The number of fused-ring (bicyclic) bond motifs is 3. The number of aromatic nitrogens is 3. The van der Waals surface area contributed by atoms with Crippen molar-refractivity contribution in [3.63, 3.8) is 0 Å². The van der Waals surface area contributed by atoms with Crippen LogP contribution in [0.4, 0.5) is 0 Å². The van der Waals surface area contributed by atoms with Gasteiger partial charge in [-0.1, -0.05) is 6.07 Å². The molecule has 4 aliphatic rings. The number of hydrogen-bond acceptors (Lipinski definition) is 10. The number of H-pyrrole nitrogens is 1. The first-order valence-corrected chi connectivity index (χ1v) is 24.7. The second-order valence-electron chi connectivity index (χ2n) is 18.6. The van der Waals surface area contributed by atoms with Crippen LogP contribution in [0.25, 0.3) is 21.9 Å². The predicted molar refractivity (Wildman–Crippen MR) is 245 cm³/mol. The first kappa shape index (κ1) is 48.0. The van der Waals surface area contributed by atoms with Crippen molar-refractivity contribution in [3.8, 4) is 0 Å². The van der Waals surface area contributed by atoms with E-state index in [0.717, 1.165) is 37.7 Å². The third-order valence-corrected chi connectivity index (χ3v) is 14.8. The van der Waals surface area contributed by atoms with E-state index in [2.05, 4.69) is 20.9 Å². The van der Waals surface area contributed by atoms with Crippen LogP contribution in [0, 0.1) is 11.8 Å². The van der Waals surface area contributed by atoms with Gasteiger partial charge in [-0.05, 0) is 118 Å². The molecule has 2 aromatic carbocycles. The molecule has 4 fully saturated rings. The number of aryl methyl sites for hydroxylation is 1. The van der Waals surface area contributed by atoms with Gasteiger partial charge in [0.25, 0.3) is 11.4 Å². The molecule has 7 amide bonds. The van der Waals surface area contributed by atoms with E-state index >= 15 is 0 Å². The highest BCUT2D eigenvalue weighted by Gasteiger charge is 2.46. The molecule has 0 bridgehead atoms. The molecule has 1 saturated carbocycles. The van der Waals surface area contributed by atoms with Crippen molar-refractivity contribution in [2.24, 2.45) is 24.6 Å². The van der Waals surface area contributed by atoms with E-state index in [4.69, 9.17) is 5.73 Å². The van der Waals surface area contributed by atoms with E-state index < -0.39 is 66.8 Å². The Labute approximate surface area is 389 Å². The molecule has 0 radical (unpaired) electrons. The maximum Gasteiger partial charge on any atom is 0.396 e. The average Bonchev–Trinajstić information content (AvgIpc) is 3.99. The molecule has 8 rings (SSSR count). The normalized spacial score (nSPS) is 23.5. The van der Waals surface area contributed by atoms with E-state index in [9.17, 15) is 57.5 Å². The first-order chi connectivity index (χ1) is 32.4. The fraction of sp³-hybridized carbons (Fsp3) is 0.500. The lowest BCUT2D eigenvalue weighted by molar-refractivity contribution is -0.145. The fourth-order valence-electron chi connectivity index (χ4n) is 10.5. The number of amides is 7. The predicted octanol–water partition coefficient (Wildman–Crippen LogP) is 1.63. The van der Waals surface area contributed by atoms with Gasteiger partial charge in [0.2, 0.25) is 35.4 Å². The number of benzene rings is 2. The van der Waals surface area contributed by atoms with Crippen molar-refractivity contribution in [2.45, 2.75) is 108 Å². The first-order valence-electron chi connectivity index (χ1n) is 23.1. The summed E-state index contributed by atoms with van der Waals surface area (Å²) >= 11 is 0. The molecule has 3 saturated heterocycles. The zero-order valence-corrected chi connectivity index (χ0v) is 38.5. The highest BCUT2D eigenvalue weighted by Crippen LogP contribution is 2.40. The van der Waals surface area contributed by atoms with E-state index in [1.165, 1.54) is 38.3 Å². The summed E-state index contributed by atoms with van der Waals surface area (Å²) in [5.41, 5.74) is 6.03. The van der Waals surface area contributed by atoms with Gasteiger partial charge < -0.3 is 40.9 Å². The quantitative estimate of drug-likeness (QED) is 0.0539. The van der Waals surface area contributed by atoms with Crippen molar-refractivity contribution in [1.29, 1.82) is 0 Å². The Balaban J connectivity index is 0.937. The topological polar surface area (TPSA) is 305 Å². The zero-order valence-electron chi connectivity index (χ0n) is 37.6. The molecule has 2 aromatic heterocycles. The van der Waals surface area contributed by atoms with Gasteiger partial charge in [-0.25, -0.2) is 4.79 Å². The number of nitrogens with one attached hydrogen (secondary N) is 4. The molecule has 22 heteroatoms. The lowest BCUT2D eigenvalue weighted by atomic mass is 9.78. The number of piperidine rings is 1. The number of rotatable bonds is 14. The van der Waals surface area contributed by atoms with Crippen LogP contribution in [0.3, 0.4) is 0 Å². The molecule has 21 nitrogen and oxygen atoms in total. The summed E-state index contributed by atoms with van der Waals surface area (Å²) in [6.45, 7) is 0.297. The summed E-state index contributed by atoms with van der Waals surface area (Å²) < 4.78 is 14.6. The molecular weight excluding hydrogens is 902 g/mol. The lowest BCUT2D eigenvalue weighted by Crippen LogP contribution is -2.61. The minimum atomic E-state index is -5.07. The summed E-state index contributed by atoms with van der Waals surface area (Å²) in [6.07, 6.45) is 6.40. The standard InChI is InChI=1S/C46H56N9O12P/c1-52-37-20-27(8-12-34(37)55(46(52)64)36-14-15-39(57)51-43(36)61)19-25-4-6-26(7-5-25)21-40(58)53-18-16-30-10-13-35(42(60)48-17-2-3-38(47)56)54(30)44(62)33(24-53)50-41(59)32-23-29-22-28(9-11-31(29)49-32)45(63)68(65,66)67/h8-9,11-12,20,22-23,25-26,30,33,35-36,49H,2-7,10,13-19,21,24H2,1H3,(H2,47,56)(H,48,60)(H,50,59)(H,51,57,61)(H2,65,66,67)/t25?,26?,30-,33+,35+,36?/m1/s1. The fourth-order valence-corrected chi connectivity index (χ4v) is 10.9. The van der Waals surface area contributed by atoms with E-state index in [1.807, 2.05) is 18.2 Å². The van der Waals surface area contributed by atoms with Gasteiger partial charge in [0, 0.05) is 68.5 Å². The minimum absolute atomic E-state index is 0.0124. The summed E-state index contributed by atoms with van der Waals surface area (Å²) in [5.74, 6) is -2.74. The highest BCUT2D eigenvalue weighted by atomic mass is 31.2. The number of imide groups is 1. The van der Waals surface area contributed by atoms with Crippen LogP contribution in [0.15, 0.2) is 47.3 Å². The molecular formula is C46H56N9O12P. The third-order valence-electron chi connectivity index (χ3n) is 14.1. The van der Waals surface area contributed by atoms with Gasteiger partial charge in [-0.15, -0.1) is 0 Å². The highest BCUT2D eigenvalue weighted by molar-refractivity contribution is 7.70. The van der Waals surface area contributed by atoms with E-state index in [0.29, 0.717) is 53.5 Å². The van der Waals surface area contributed by atoms with Crippen LogP contribution >= 0.6 is 7.60 Å². The number of carbonyl (C=O) groups is 8. The summed E-state index contributed by atoms with van der Waals surface area (Å²) in [7, 11) is -3.41. The van der Waals surface area contributed by atoms with Gasteiger partial charge in [-0.2, -0.15) is 0 Å². The average molecular weight is 958 g/mol. The Hall–Kier alpha value is -6.44. The molecule has 68 heavy (non-hydrogen) atoms. The van der Waals surface area contributed by atoms with Crippen LogP contribution in [0.1, 0.15) is 110 Å². The molecule has 5 heterocycles. The van der Waals surface area contributed by atoms with Crippen LogP contribution in [0.5, 0.6) is 0 Å². The monoisotopic (exact) mass is 957 g/mol. The van der Waals surface area contributed by atoms with Gasteiger partial charge in [0.1, 0.15) is 23.8 Å². The van der Waals surface area contributed by atoms with E-state index in [-0.39, 0.29) is 80.0 Å². The Bertz CT molecular complexity index is 2820. The van der Waals surface area contributed by atoms with Gasteiger partial charge in [0.15, 0.2) is 0 Å². The number of hydrogen-bond donors (Lipinski definition) is 7. The molecule has 362 valence electrons. The van der Waals surface area contributed by atoms with Crippen LogP contribution in [-0.4, -0.2) is 118 Å². The summed E-state index contributed by atoms with van der Waals surface area (Å²) in [4.78, 5) is 142.